The highest BCUT2D eigenvalue weighted by molar-refractivity contribution is 6.03. The summed E-state index contributed by atoms with van der Waals surface area (Å²) in [6.07, 6.45) is 1.60. The Morgan fingerprint density at radius 2 is 1.93 bits per heavy atom. The summed E-state index contributed by atoms with van der Waals surface area (Å²) >= 11 is 0. The smallest absolute Gasteiger partial charge is 0.178 e. The number of hydrogen-bond acceptors (Lipinski definition) is 4. The lowest BCUT2D eigenvalue weighted by molar-refractivity contribution is 0.0957. The van der Waals surface area contributed by atoms with Crippen molar-refractivity contribution in [3.05, 3.63) is 89.1 Å². The fourth-order valence-corrected chi connectivity index (χ4v) is 3.17. The molecule has 4 nitrogen and oxygen atoms in total. The van der Waals surface area contributed by atoms with Gasteiger partial charge in [0.25, 0.3) is 0 Å². The minimum Gasteiger partial charge on any atom is -0.486 e. The molecule has 1 aliphatic heterocycles. The van der Waals surface area contributed by atoms with E-state index in [4.69, 9.17) is 4.74 Å². The lowest BCUT2D eigenvalue weighted by Crippen LogP contribution is -2.18. The monoisotopic (exact) mass is 366 g/mol. The molecule has 1 aliphatic rings. The molecule has 0 radical (unpaired) electrons. The van der Waals surface area contributed by atoms with Crippen molar-refractivity contribution in [2.75, 3.05) is 11.9 Å². The van der Waals surface area contributed by atoms with Crippen LogP contribution in [0.15, 0.2) is 60.8 Å². The van der Waals surface area contributed by atoms with Gasteiger partial charge >= 0.3 is 0 Å². The molecule has 0 saturated carbocycles. The van der Waals surface area contributed by atoms with Gasteiger partial charge in [0.05, 0.1) is 11.5 Å². The first-order chi connectivity index (χ1) is 13.1. The Labute approximate surface area is 154 Å². The second-order valence-electron chi connectivity index (χ2n) is 6.25. The Morgan fingerprint density at radius 1 is 1.11 bits per heavy atom. The van der Waals surface area contributed by atoms with E-state index in [1.807, 2.05) is 30.3 Å². The number of hydrogen-bond donors (Lipinski definition) is 1. The highest BCUT2D eigenvalue weighted by atomic mass is 19.1. The molecule has 0 saturated heterocycles. The number of rotatable bonds is 5. The molecular weight excluding hydrogens is 350 g/mol. The van der Waals surface area contributed by atoms with Gasteiger partial charge in [-0.1, -0.05) is 36.4 Å². The third-order valence-corrected chi connectivity index (χ3v) is 4.54. The molecule has 1 atom stereocenters. The van der Waals surface area contributed by atoms with Crippen LogP contribution in [0.4, 0.5) is 14.6 Å². The van der Waals surface area contributed by atoms with E-state index in [0.29, 0.717) is 11.4 Å². The van der Waals surface area contributed by atoms with Crippen molar-refractivity contribution in [2.45, 2.75) is 12.5 Å². The van der Waals surface area contributed by atoms with Crippen molar-refractivity contribution >= 4 is 11.6 Å². The summed E-state index contributed by atoms with van der Waals surface area (Å²) in [6, 6.07) is 14.9. The highest BCUT2D eigenvalue weighted by Gasteiger charge is 2.34. The van der Waals surface area contributed by atoms with Crippen LogP contribution in [0.1, 0.15) is 27.4 Å². The van der Waals surface area contributed by atoms with Gasteiger partial charge in [-0.3, -0.25) is 4.79 Å². The Hall–Kier alpha value is -3.28. The first kappa shape index (κ1) is 17.1. The Balaban J connectivity index is 1.62. The number of carbonyl (C=O) groups is 1. The molecule has 0 bridgehead atoms. The van der Waals surface area contributed by atoms with E-state index in [0.717, 1.165) is 11.6 Å². The zero-order chi connectivity index (χ0) is 18.8. The van der Waals surface area contributed by atoms with Gasteiger partial charge in [0.2, 0.25) is 0 Å². The Bertz CT molecular complexity index is 993. The maximum atomic E-state index is 14.9. The molecule has 136 valence electrons. The van der Waals surface area contributed by atoms with E-state index in [-0.39, 0.29) is 18.9 Å². The van der Waals surface area contributed by atoms with E-state index < -0.39 is 28.9 Å². The van der Waals surface area contributed by atoms with Crippen LogP contribution in [-0.2, 0) is 6.61 Å². The molecule has 6 heteroatoms. The van der Waals surface area contributed by atoms with Crippen molar-refractivity contribution in [1.82, 2.24) is 4.98 Å². The maximum Gasteiger partial charge on any atom is 0.178 e. The minimum atomic E-state index is -0.978. The predicted octanol–water partition coefficient (Wildman–Crippen LogP) is 4.33. The summed E-state index contributed by atoms with van der Waals surface area (Å²) in [5, 5.41) is 2.99. The van der Waals surface area contributed by atoms with Gasteiger partial charge in [-0.25, -0.2) is 13.8 Å². The Morgan fingerprint density at radius 3 is 2.74 bits per heavy atom. The summed E-state index contributed by atoms with van der Waals surface area (Å²) in [4.78, 5) is 17.0. The fourth-order valence-electron chi connectivity index (χ4n) is 3.17. The highest BCUT2D eigenvalue weighted by Crippen LogP contribution is 2.34. The van der Waals surface area contributed by atoms with Crippen LogP contribution < -0.4 is 10.1 Å². The molecular formula is C21H16F2N2O2. The van der Waals surface area contributed by atoms with Crippen LogP contribution in [0.2, 0.25) is 0 Å². The molecule has 0 fully saturated rings. The number of fused-ring (bicyclic) bond motifs is 1. The first-order valence-corrected chi connectivity index (χ1v) is 8.53. The van der Waals surface area contributed by atoms with Crippen molar-refractivity contribution in [3.8, 4) is 5.75 Å². The van der Waals surface area contributed by atoms with Gasteiger partial charge < -0.3 is 10.1 Å². The van der Waals surface area contributed by atoms with Crippen molar-refractivity contribution < 1.29 is 18.3 Å². The van der Waals surface area contributed by atoms with Crippen LogP contribution in [0, 0.1) is 11.6 Å². The van der Waals surface area contributed by atoms with Crippen molar-refractivity contribution in [2.24, 2.45) is 0 Å². The number of anilines is 1. The third kappa shape index (κ3) is 3.26. The van der Waals surface area contributed by atoms with Crippen LogP contribution >= 0.6 is 0 Å². The van der Waals surface area contributed by atoms with Crippen LogP contribution in [0.25, 0.3) is 0 Å². The number of carbonyl (C=O) groups excluding carboxylic acids is 1. The van der Waals surface area contributed by atoms with Gasteiger partial charge in [-0.15, -0.1) is 0 Å². The maximum absolute atomic E-state index is 14.9. The van der Waals surface area contributed by atoms with E-state index >= 15 is 0 Å². The second-order valence-corrected chi connectivity index (χ2v) is 6.25. The Kier molecular flexibility index (Phi) is 4.54. The van der Waals surface area contributed by atoms with Gasteiger partial charge in [0.15, 0.2) is 17.3 Å². The van der Waals surface area contributed by atoms with E-state index in [1.165, 1.54) is 6.07 Å². The number of pyridine rings is 1. The van der Waals surface area contributed by atoms with Gasteiger partial charge in [-0.05, 0) is 23.8 Å². The molecule has 2 aromatic carbocycles. The average molecular weight is 366 g/mol. The minimum absolute atomic E-state index is 0.120. The molecule has 0 amide bonds. The van der Waals surface area contributed by atoms with Gasteiger partial charge in [0.1, 0.15) is 18.2 Å². The average Bonchev–Trinajstić information content (AvgIpc) is 3.12. The number of ketones is 1. The van der Waals surface area contributed by atoms with Crippen LogP contribution in [0.3, 0.4) is 0 Å². The van der Waals surface area contributed by atoms with Crippen LogP contribution in [0.5, 0.6) is 5.75 Å². The number of Topliss-reactive ketones (excluding diaryl/α,β-unsaturated/α-hetero) is 1. The van der Waals surface area contributed by atoms with Crippen molar-refractivity contribution in [1.29, 1.82) is 0 Å². The summed E-state index contributed by atoms with van der Waals surface area (Å²) in [6.45, 7) is 0.369. The summed E-state index contributed by atoms with van der Waals surface area (Å²) in [5.74, 6) is -2.79. The number of ether oxygens (including phenoxy) is 1. The molecule has 0 aliphatic carbocycles. The number of benzene rings is 2. The molecule has 1 N–H and O–H groups in total. The van der Waals surface area contributed by atoms with Crippen LogP contribution in [-0.4, -0.2) is 17.3 Å². The molecule has 3 aromatic rings. The normalized spacial score (nSPS) is 15.1. The predicted molar refractivity (Wildman–Crippen MR) is 96.9 cm³/mol. The molecule has 4 rings (SSSR count). The van der Waals surface area contributed by atoms with E-state index in [1.54, 1.807) is 18.3 Å². The molecule has 1 aromatic heterocycles. The number of halogens is 2. The summed E-state index contributed by atoms with van der Waals surface area (Å²) < 4.78 is 34.7. The molecule has 27 heavy (non-hydrogen) atoms. The largest absolute Gasteiger partial charge is 0.486 e. The van der Waals surface area contributed by atoms with Gasteiger partial charge in [0, 0.05) is 18.3 Å². The van der Waals surface area contributed by atoms with E-state index in [9.17, 15) is 13.6 Å². The summed E-state index contributed by atoms with van der Waals surface area (Å²) in [7, 11) is 0. The lowest BCUT2D eigenvalue weighted by Gasteiger charge is -2.14. The standard InChI is InChI=1S/C21H16F2N2O2/c22-16-8-9-17(27-12-13-5-2-1-3-6-13)19(23)18(16)20(26)15-11-25-21-14(15)7-4-10-24-21/h1-10,15H,11-12H2,(H,24,25). The van der Waals surface area contributed by atoms with Gasteiger partial charge in [-0.2, -0.15) is 0 Å². The first-order valence-electron chi connectivity index (χ1n) is 8.53. The fraction of sp³-hybridized carbons (Fsp3) is 0.143. The zero-order valence-corrected chi connectivity index (χ0v) is 14.3. The summed E-state index contributed by atoms with van der Waals surface area (Å²) in [5.41, 5.74) is 0.898. The third-order valence-electron chi connectivity index (χ3n) is 4.54. The molecule has 2 heterocycles. The second kappa shape index (κ2) is 7.15. The number of nitrogens with zero attached hydrogens (tertiary/aromatic N) is 1. The number of aromatic nitrogens is 1. The molecule has 0 spiro atoms. The molecule has 1 unspecified atom stereocenters. The lowest BCUT2D eigenvalue weighted by atomic mass is 9.92. The van der Waals surface area contributed by atoms with E-state index in [2.05, 4.69) is 10.3 Å². The quantitative estimate of drug-likeness (QED) is 0.683. The topological polar surface area (TPSA) is 51.2 Å². The number of nitrogens with one attached hydrogen (secondary N) is 1. The SMILES string of the molecule is O=C(c1c(F)ccc(OCc2ccccc2)c1F)C1CNc2ncccc21. The van der Waals surface area contributed by atoms with Crippen molar-refractivity contribution in [3.63, 3.8) is 0 Å². The zero-order valence-electron chi connectivity index (χ0n) is 14.3.